The molecule has 2 rings (SSSR count). The number of ether oxygens (including phenoxy) is 1. The fourth-order valence-corrected chi connectivity index (χ4v) is 3.15. The van der Waals surface area contributed by atoms with E-state index in [1.54, 1.807) is 7.11 Å². The molecule has 1 aliphatic rings. The van der Waals surface area contributed by atoms with E-state index in [-0.39, 0.29) is 18.6 Å². The minimum absolute atomic E-state index is 0.0163. The van der Waals surface area contributed by atoms with Gasteiger partial charge in [-0.05, 0) is 37.8 Å². The lowest BCUT2D eigenvalue weighted by molar-refractivity contribution is -0.129. The summed E-state index contributed by atoms with van der Waals surface area (Å²) in [6, 6.07) is 8.19. The molecule has 0 fully saturated rings. The van der Waals surface area contributed by atoms with Gasteiger partial charge < -0.3 is 15.2 Å². The van der Waals surface area contributed by atoms with Crippen LogP contribution in [0.5, 0.6) is 0 Å². The molecule has 1 aromatic carbocycles. The van der Waals surface area contributed by atoms with E-state index in [2.05, 4.69) is 28.4 Å². The van der Waals surface area contributed by atoms with Crippen molar-refractivity contribution >= 4 is 5.91 Å². The van der Waals surface area contributed by atoms with Crippen molar-refractivity contribution in [3.05, 3.63) is 35.4 Å². The third kappa shape index (κ3) is 4.53. The number of hydrogen-bond donors (Lipinski definition) is 2. The van der Waals surface area contributed by atoms with Gasteiger partial charge in [0.1, 0.15) is 0 Å². The van der Waals surface area contributed by atoms with Gasteiger partial charge in [-0.25, -0.2) is 0 Å². The molecule has 0 spiro atoms. The Hall–Kier alpha value is -1.43. The first-order valence-electron chi connectivity index (χ1n) is 8.22. The van der Waals surface area contributed by atoms with Gasteiger partial charge in [0.2, 0.25) is 5.91 Å². The van der Waals surface area contributed by atoms with Crippen LogP contribution in [0.15, 0.2) is 24.3 Å². The van der Waals surface area contributed by atoms with Gasteiger partial charge in [0.15, 0.2) is 0 Å². The Labute approximate surface area is 138 Å². The first kappa shape index (κ1) is 17.9. The molecular formula is C18H28N2O3. The second-order valence-corrected chi connectivity index (χ2v) is 6.62. The third-order valence-electron chi connectivity index (χ3n) is 4.64. The summed E-state index contributed by atoms with van der Waals surface area (Å²) < 4.78 is 5.19. The number of carbonyl (C=O) groups excluding carboxylic acids is 1. The van der Waals surface area contributed by atoms with Crippen LogP contribution < -0.4 is 5.32 Å². The van der Waals surface area contributed by atoms with Gasteiger partial charge in [-0.15, -0.1) is 0 Å². The maximum absolute atomic E-state index is 12.6. The van der Waals surface area contributed by atoms with Crippen LogP contribution in [0.4, 0.5) is 0 Å². The fourth-order valence-electron chi connectivity index (χ4n) is 3.15. The maximum Gasteiger partial charge on any atom is 0.237 e. The molecule has 23 heavy (non-hydrogen) atoms. The Balaban J connectivity index is 2.00. The topological polar surface area (TPSA) is 61.8 Å². The van der Waals surface area contributed by atoms with Crippen molar-refractivity contribution in [1.82, 2.24) is 10.2 Å². The van der Waals surface area contributed by atoms with Gasteiger partial charge >= 0.3 is 0 Å². The molecule has 2 unspecified atom stereocenters. The van der Waals surface area contributed by atoms with E-state index in [9.17, 15) is 9.90 Å². The number of nitrogens with zero attached hydrogens (tertiary/aromatic N) is 1. The first-order valence-corrected chi connectivity index (χ1v) is 8.22. The van der Waals surface area contributed by atoms with Crippen molar-refractivity contribution in [2.75, 3.05) is 26.9 Å². The van der Waals surface area contributed by atoms with Crippen LogP contribution >= 0.6 is 0 Å². The number of fused-ring (bicyclic) bond motifs is 1. The van der Waals surface area contributed by atoms with Crippen molar-refractivity contribution in [3.63, 3.8) is 0 Å². The number of hydrogen-bond acceptors (Lipinski definition) is 4. The SMILES string of the molecule is COCC(C)(CCO)NC(=O)C(C)N1CCc2ccccc2C1. The third-order valence-corrected chi connectivity index (χ3v) is 4.64. The molecule has 0 saturated heterocycles. The summed E-state index contributed by atoms with van der Waals surface area (Å²) in [7, 11) is 1.60. The highest BCUT2D eigenvalue weighted by atomic mass is 16.5. The van der Waals surface area contributed by atoms with E-state index in [0.717, 1.165) is 19.5 Å². The van der Waals surface area contributed by atoms with E-state index >= 15 is 0 Å². The Kier molecular flexibility index (Phi) is 6.16. The van der Waals surface area contributed by atoms with Gasteiger partial charge in [-0.2, -0.15) is 0 Å². The summed E-state index contributed by atoms with van der Waals surface area (Å²) in [5.41, 5.74) is 2.14. The molecular weight excluding hydrogens is 292 g/mol. The van der Waals surface area contributed by atoms with E-state index in [1.165, 1.54) is 11.1 Å². The van der Waals surface area contributed by atoms with Crippen LogP contribution in [-0.4, -0.2) is 54.4 Å². The molecule has 1 heterocycles. The molecule has 2 atom stereocenters. The van der Waals surface area contributed by atoms with Gasteiger partial charge in [0.25, 0.3) is 0 Å². The maximum atomic E-state index is 12.6. The number of aliphatic hydroxyl groups is 1. The molecule has 1 amide bonds. The smallest absolute Gasteiger partial charge is 0.237 e. The highest BCUT2D eigenvalue weighted by Gasteiger charge is 2.31. The molecule has 5 heteroatoms. The Morgan fingerprint density at radius 2 is 2.13 bits per heavy atom. The molecule has 0 aromatic heterocycles. The molecule has 1 aliphatic heterocycles. The Morgan fingerprint density at radius 1 is 1.43 bits per heavy atom. The standard InChI is InChI=1S/C18H28N2O3/c1-14(17(22)19-18(2,9-11-21)13-23-3)20-10-8-15-6-4-5-7-16(15)12-20/h4-7,14,21H,8-13H2,1-3H3,(H,19,22). The molecule has 128 valence electrons. The molecule has 0 saturated carbocycles. The van der Waals surface area contributed by atoms with Gasteiger partial charge in [0.05, 0.1) is 18.2 Å². The van der Waals surface area contributed by atoms with Gasteiger partial charge in [0, 0.05) is 26.8 Å². The lowest BCUT2D eigenvalue weighted by atomic mass is 9.97. The predicted molar refractivity (Wildman–Crippen MR) is 90.1 cm³/mol. The van der Waals surface area contributed by atoms with Crippen LogP contribution in [-0.2, 0) is 22.5 Å². The van der Waals surface area contributed by atoms with Crippen molar-refractivity contribution in [2.24, 2.45) is 0 Å². The van der Waals surface area contributed by atoms with Crippen LogP contribution in [0.25, 0.3) is 0 Å². The number of benzene rings is 1. The highest BCUT2D eigenvalue weighted by Crippen LogP contribution is 2.21. The van der Waals surface area contributed by atoms with E-state index in [4.69, 9.17) is 4.74 Å². The molecule has 0 radical (unpaired) electrons. The monoisotopic (exact) mass is 320 g/mol. The molecule has 0 bridgehead atoms. The van der Waals surface area contributed by atoms with Gasteiger partial charge in [-0.1, -0.05) is 24.3 Å². The van der Waals surface area contributed by atoms with E-state index in [0.29, 0.717) is 13.0 Å². The number of carbonyl (C=O) groups is 1. The lowest BCUT2D eigenvalue weighted by Crippen LogP contribution is -2.56. The molecule has 2 N–H and O–H groups in total. The molecule has 1 aromatic rings. The summed E-state index contributed by atoms with van der Waals surface area (Å²) in [4.78, 5) is 14.8. The summed E-state index contributed by atoms with van der Waals surface area (Å²) in [5.74, 6) is -0.0163. The average Bonchev–Trinajstić information content (AvgIpc) is 2.53. The number of aliphatic hydroxyl groups excluding tert-OH is 1. The lowest BCUT2D eigenvalue weighted by Gasteiger charge is -2.36. The summed E-state index contributed by atoms with van der Waals surface area (Å²) in [6.07, 6.45) is 1.45. The van der Waals surface area contributed by atoms with Crippen LogP contribution in [0, 0.1) is 0 Å². The quantitative estimate of drug-likeness (QED) is 0.796. The van der Waals surface area contributed by atoms with Crippen molar-refractivity contribution in [2.45, 2.75) is 44.8 Å². The van der Waals surface area contributed by atoms with Gasteiger partial charge in [-0.3, -0.25) is 9.69 Å². The number of methoxy groups -OCH3 is 1. The number of rotatable bonds is 7. The van der Waals surface area contributed by atoms with Crippen molar-refractivity contribution < 1.29 is 14.6 Å². The second kappa shape index (κ2) is 7.90. The number of amides is 1. The van der Waals surface area contributed by atoms with Crippen LogP contribution in [0.3, 0.4) is 0 Å². The average molecular weight is 320 g/mol. The Morgan fingerprint density at radius 3 is 2.78 bits per heavy atom. The zero-order valence-corrected chi connectivity index (χ0v) is 14.3. The summed E-state index contributed by atoms with van der Waals surface area (Å²) in [5, 5.41) is 12.3. The zero-order chi connectivity index (χ0) is 16.9. The summed E-state index contributed by atoms with van der Waals surface area (Å²) in [6.45, 7) is 5.93. The molecule has 0 aliphatic carbocycles. The van der Waals surface area contributed by atoms with Crippen LogP contribution in [0.2, 0.25) is 0 Å². The fraction of sp³-hybridized carbons (Fsp3) is 0.611. The normalized spacial score (nSPS) is 18.8. The minimum atomic E-state index is -0.539. The highest BCUT2D eigenvalue weighted by molar-refractivity contribution is 5.82. The van der Waals surface area contributed by atoms with E-state index < -0.39 is 5.54 Å². The summed E-state index contributed by atoms with van der Waals surface area (Å²) >= 11 is 0. The largest absolute Gasteiger partial charge is 0.396 e. The van der Waals surface area contributed by atoms with Crippen molar-refractivity contribution in [1.29, 1.82) is 0 Å². The van der Waals surface area contributed by atoms with E-state index in [1.807, 2.05) is 19.9 Å². The van der Waals surface area contributed by atoms with Crippen molar-refractivity contribution in [3.8, 4) is 0 Å². The Bertz CT molecular complexity index is 527. The zero-order valence-electron chi connectivity index (χ0n) is 14.3. The molecule has 5 nitrogen and oxygen atoms in total. The predicted octanol–water partition coefficient (Wildman–Crippen LogP) is 1.34. The second-order valence-electron chi connectivity index (χ2n) is 6.62. The van der Waals surface area contributed by atoms with Crippen LogP contribution in [0.1, 0.15) is 31.4 Å². The first-order chi connectivity index (χ1) is 11.0. The minimum Gasteiger partial charge on any atom is -0.396 e. The number of nitrogens with one attached hydrogen (secondary N) is 1.